The minimum Gasteiger partial charge on any atom is -0.396 e. The van der Waals surface area contributed by atoms with Crippen LogP contribution in [0.1, 0.15) is 36.5 Å². The van der Waals surface area contributed by atoms with Gasteiger partial charge in [-0.05, 0) is 13.3 Å². The number of hydrogen-bond acceptors (Lipinski definition) is 4. The highest BCUT2D eigenvalue weighted by molar-refractivity contribution is 5.17. The van der Waals surface area contributed by atoms with Crippen LogP contribution in [0.3, 0.4) is 0 Å². The van der Waals surface area contributed by atoms with Gasteiger partial charge in [0.15, 0.2) is 0 Å². The zero-order chi connectivity index (χ0) is 11.4. The van der Waals surface area contributed by atoms with Crippen molar-refractivity contribution in [1.82, 2.24) is 9.97 Å². The normalized spacial score (nSPS) is 12.8. The van der Waals surface area contributed by atoms with Crippen LogP contribution in [0.2, 0.25) is 0 Å². The van der Waals surface area contributed by atoms with Gasteiger partial charge >= 0.3 is 0 Å². The van der Waals surface area contributed by atoms with Gasteiger partial charge in [-0.15, -0.1) is 0 Å². The van der Waals surface area contributed by atoms with E-state index in [9.17, 15) is 4.79 Å². The summed E-state index contributed by atoms with van der Waals surface area (Å²) in [7, 11) is 0. The highest BCUT2D eigenvalue weighted by atomic mass is 16.3. The highest BCUT2D eigenvalue weighted by Crippen LogP contribution is 2.08. The molecule has 0 bridgehead atoms. The van der Waals surface area contributed by atoms with Crippen molar-refractivity contribution >= 4 is 0 Å². The first-order chi connectivity index (χ1) is 7.10. The van der Waals surface area contributed by atoms with E-state index in [1.54, 1.807) is 6.92 Å². The maximum absolute atomic E-state index is 11.6. The van der Waals surface area contributed by atoms with Crippen molar-refractivity contribution in [2.75, 3.05) is 6.61 Å². The van der Waals surface area contributed by atoms with Crippen LogP contribution in [0.5, 0.6) is 0 Å². The molecule has 0 fully saturated rings. The second-order valence-electron chi connectivity index (χ2n) is 3.50. The molecule has 1 aromatic rings. The average Bonchev–Trinajstić information content (AvgIpc) is 2.22. The maximum Gasteiger partial charge on any atom is 0.254 e. The number of aromatic nitrogens is 2. The number of nitrogens with zero attached hydrogens (tertiary/aromatic N) is 1. The third kappa shape index (κ3) is 2.64. The van der Waals surface area contributed by atoms with Gasteiger partial charge in [-0.1, -0.05) is 6.92 Å². The Balaban J connectivity index is 3.13. The van der Waals surface area contributed by atoms with E-state index in [0.717, 1.165) is 6.42 Å². The van der Waals surface area contributed by atoms with Gasteiger partial charge in [0.25, 0.3) is 5.56 Å². The molecule has 0 aliphatic heterocycles. The zero-order valence-corrected chi connectivity index (χ0v) is 9.08. The topological polar surface area (TPSA) is 92.0 Å². The summed E-state index contributed by atoms with van der Waals surface area (Å²) in [6, 6.07) is -0.237. The van der Waals surface area contributed by atoms with Crippen LogP contribution in [-0.4, -0.2) is 21.7 Å². The number of H-pyrrole nitrogens is 1. The van der Waals surface area contributed by atoms with Crippen molar-refractivity contribution in [3.05, 3.63) is 27.4 Å². The molecule has 4 N–H and O–H groups in total. The van der Waals surface area contributed by atoms with E-state index in [0.29, 0.717) is 23.5 Å². The minimum absolute atomic E-state index is 0.0508. The van der Waals surface area contributed by atoms with E-state index < -0.39 is 0 Å². The summed E-state index contributed by atoms with van der Waals surface area (Å²) in [6.07, 6.45) is 1.05. The lowest BCUT2D eigenvalue weighted by Gasteiger charge is -2.10. The number of aryl methyl sites for hydroxylation is 1. The first-order valence-corrected chi connectivity index (χ1v) is 5.06. The maximum atomic E-state index is 11.6. The zero-order valence-electron chi connectivity index (χ0n) is 9.08. The van der Waals surface area contributed by atoms with Crippen molar-refractivity contribution in [1.29, 1.82) is 0 Å². The number of nitrogens with two attached hydrogens (primary N) is 1. The summed E-state index contributed by atoms with van der Waals surface area (Å²) in [5, 5.41) is 8.79. The molecular formula is C10H17N3O2. The third-order valence-electron chi connectivity index (χ3n) is 2.39. The molecule has 1 unspecified atom stereocenters. The van der Waals surface area contributed by atoms with Crippen LogP contribution < -0.4 is 11.3 Å². The molecule has 84 valence electrons. The predicted octanol–water partition coefficient (Wildman–Crippen LogP) is 0.0229. The van der Waals surface area contributed by atoms with Crippen LogP contribution >= 0.6 is 0 Å². The molecule has 0 aromatic carbocycles. The van der Waals surface area contributed by atoms with Gasteiger partial charge in [0.2, 0.25) is 0 Å². The molecule has 5 nitrogen and oxygen atoms in total. The third-order valence-corrected chi connectivity index (χ3v) is 2.39. The van der Waals surface area contributed by atoms with Crippen molar-refractivity contribution in [3.8, 4) is 0 Å². The smallest absolute Gasteiger partial charge is 0.254 e. The molecular weight excluding hydrogens is 194 g/mol. The Morgan fingerprint density at radius 3 is 2.73 bits per heavy atom. The molecule has 1 heterocycles. The second kappa shape index (κ2) is 5.04. The molecule has 1 atom stereocenters. The van der Waals surface area contributed by atoms with Gasteiger partial charge in [0.1, 0.15) is 5.82 Å². The first kappa shape index (κ1) is 11.9. The average molecular weight is 211 g/mol. The monoisotopic (exact) mass is 211 g/mol. The Morgan fingerprint density at radius 1 is 1.60 bits per heavy atom. The molecule has 1 aromatic heterocycles. The molecule has 15 heavy (non-hydrogen) atoms. The standard InChI is InChI=1S/C10H17N3O2/c1-3-8(11)9-12-6(2)7(4-5-14)10(15)13-9/h8,14H,3-5,11H2,1-2H3,(H,12,13,15). The second-order valence-corrected chi connectivity index (χ2v) is 3.50. The molecule has 0 saturated carbocycles. The Bertz CT molecular complexity index is 387. The summed E-state index contributed by atoms with van der Waals surface area (Å²) in [5.41, 5.74) is 6.75. The Hall–Kier alpha value is -1.20. The fraction of sp³-hybridized carbons (Fsp3) is 0.600. The van der Waals surface area contributed by atoms with E-state index >= 15 is 0 Å². The Morgan fingerprint density at radius 2 is 2.27 bits per heavy atom. The fourth-order valence-electron chi connectivity index (χ4n) is 1.41. The Labute approximate surface area is 88.4 Å². The summed E-state index contributed by atoms with van der Waals surface area (Å²) in [6.45, 7) is 3.64. The van der Waals surface area contributed by atoms with Gasteiger partial charge in [0, 0.05) is 24.3 Å². The molecule has 0 aliphatic rings. The SMILES string of the molecule is CCC(N)c1nc(C)c(CCO)c(=O)[nH]1. The molecule has 0 saturated heterocycles. The number of aromatic amines is 1. The quantitative estimate of drug-likeness (QED) is 0.654. The molecule has 0 radical (unpaired) electrons. The largest absolute Gasteiger partial charge is 0.396 e. The lowest BCUT2D eigenvalue weighted by atomic mass is 10.1. The van der Waals surface area contributed by atoms with Crippen molar-refractivity contribution in [2.24, 2.45) is 5.73 Å². The van der Waals surface area contributed by atoms with E-state index in [1.807, 2.05) is 6.92 Å². The lowest BCUT2D eigenvalue weighted by molar-refractivity contribution is 0.298. The summed E-state index contributed by atoms with van der Waals surface area (Å²) >= 11 is 0. The van der Waals surface area contributed by atoms with Gasteiger partial charge in [-0.25, -0.2) is 4.98 Å². The fourth-order valence-corrected chi connectivity index (χ4v) is 1.41. The van der Waals surface area contributed by atoms with E-state index in [4.69, 9.17) is 10.8 Å². The molecule has 0 aliphatic carbocycles. The van der Waals surface area contributed by atoms with Gasteiger partial charge in [0.05, 0.1) is 6.04 Å². The highest BCUT2D eigenvalue weighted by Gasteiger charge is 2.11. The summed E-state index contributed by atoms with van der Waals surface area (Å²) in [5.74, 6) is 0.515. The van der Waals surface area contributed by atoms with Gasteiger partial charge in [-0.3, -0.25) is 4.79 Å². The van der Waals surface area contributed by atoms with Crippen LogP contribution in [0.15, 0.2) is 4.79 Å². The Kier molecular flexibility index (Phi) is 3.99. The van der Waals surface area contributed by atoms with E-state index in [-0.39, 0.29) is 18.2 Å². The number of nitrogens with one attached hydrogen (secondary N) is 1. The molecule has 0 amide bonds. The summed E-state index contributed by atoms with van der Waals surface area (Å²) in [4.78, 5) is 18.5. The molecule has 5 heteroatoms. The van der Waals surface area contributed by atoms with Crippen LogP contribution in [0.4, 0.5) is 0 Å². The molecule has 0 spiro atoms. The van der Waals surface area contributed by atoms with Crippen LogP contribution in [0.25, 0.3) is 0 Å². The lowest BCUT2D eigenvalue weighted by Crippen LogP contribution is -2.24. The number of aliphatic hydroxyl groups is 1. The predicted molar refractivity (Wildman–Crippen MR) is 57.6 cm³/mol. The van der Waals surface area contributed by atoms with Crippen molar-refractivity contribution in [2.45, 2.75) is 32.7 Å². The van der Waals surface area contributed by atoms with Crippen LogP contribution in [0, 0.1) is 6.92 Å². The van der Waals surface area contributed by atoms with Crippen molar-refractivity contribution in [3.63, 3.8) is 0 Å². The van der Waals surface area contributed by atoms with E-state index in [1.165, 1.54) is 0 Å². The first-order valence-electron chi connectivity index (χ1n) is 5.06. The van der Waals surface area contributed by atoms with Gasteiger partial charge < -0.3 is 15.8 Å². The van der Waals surface area contributed by atoms with E-state index in [2.05, 4.69) is 9.97 Å². The van der Waals surface area contributed by atoms with Crippen molar-refractivity contribution < 1.29 is 5.11 Å². The number of hydrogen-bond donors (Lipinski definition) is 3. The number of rotatable bonds is 4. The van der Waals surface area contributed by atoms with Gasteiger partial charge in [-0.2, -0.15) is 0 Å². The number of aliphatic hydroxyl groups excluding tert-OH is 1. The summed E-state index contributed by atoms with van der Waals surface area (Å²) < 4.78 is 0. The van der Waals surface area contributed by atoms with Crippen LogP contribution in [-0.2, 0) is 6.42 Å². The molecule has 1 rings (SSSR count). The minimum atomic E-state index is -0.237.